The Morgan fingerprint density at radius 1 is 1.07 bits per heavy atom. The molecule has 0 saturated heterocycles. The third-order valence-electron chi connectivity index (χ3n) is 4.25. The van der Waals surface area contributed by atoms with Crippen molar-refractivity contribution in [3.63, 3.8) is 0 Å². The summed E-state index contributed by atoms with van der Waals surface area (Å²) in [6.07, 6.45) is 0.576. The number of rotatable bonds is 7. The van der Waals surface area contributed by atoms with E-state index in [1.807, 2.05) is 6.07 Å². The summed E-state index contributed by atoms with van der Waals surface area (Å²) >= 11 is 5.85. The summed E-state index contributed by atoms with van der Waals surface area (Å²) < 4.78 is 17.3. The van der Waals surface area contributed by atoms with Crippen LogP contribution in [-0.4, -0.2) is 20.7 Å². The number of ether oxygens (including phenoxy) is 1. The highest BCUT2D eigenvalue weighted by atomic mass is 35.5. The number of aromatic nitrogens is 3. The van der Waals surface area contributed by atoms with Gasteiger partial charge in [0.05, 0.1) is 5.52 Å². The molecule has 2 aromatic carbocycles. The minimum absolute atomic E-state index is 0.117. The van der Waals surface area contributed by atoms with E-state index in [0.717, 1.165) is 5.56 Å². The van der Waals surface area contributed by atoms with Crippen molar-refractivity contribution < 1.29 is 18.4 Å². The van der Waals surface area contributed by atoms with E-state index in [4.69, 9.17) is 25.2 Å². The lowest BCUT2D eigenvalue weighted by molar-refractivity contribution is -0.145. The third kappa shape index (κ3) is 4.38. The molecular weight excluding hydrogens is 398 g/mol. The van der Waals surface area contributed by atoms with Crippen molar-refractivity contribution in [3.05, 3.63) is 70.0 Å². The molecule has 0 bridgehead atoms. The first-order chi connectivity index (χ1) is 14.1. The molecule has 0 N–H and O–H groups in total. The second kappa shape index (κ2) is 8.32. The summed E-state index contributed by atoms with van der Waals surface area (Å²) in [5, 5.41) is 8.40. The fraction of sp³-hybridized carbons (Fsp3) is 0.200. The average Bonchev–Trinajstić information content (AvgIpc) is 3.32. The number of hydrogen-bond donors (Lipinski definition) is 0. The first-order valence-electron chi connectivity index (χ1n) is 8.92. The quantitative estimate of drug-likeness (QED) is 0.424. The summed E-state index contributed by atoms with van der Waals surface area (Å²) in [4.78, 5) is 23.9. The second-order valence-electron chi connectivity index (χ2n) is 6.26. The van der Waals surface area contributed by atoms with Crippen LogP contribution >= 0.6 is 11.6 Å². The first-order valence-corrected chi connectivity index (χ1v) is 9.30. The number of esters is 1. The van der Waals surface area contributed by atoms with Gasteiger partial charge in [-0.3, -0.25) is 9.36 Å². The molecule has 4 aromatic rings. The van der Waals surface area contributed by atoms with Gasteiger partial charge in [-0.05, 0) is 42.8 Å². The van der Waals surface area contributed by atoms with E-state index in [2.05, 4.69) is 10.2 Å². The van der Waals surface area contributed by atoms with Gasteiger partial charge in [0, 0.05) is 23.6 Å². The number of hydrogen-bond acceptors (Lipinski definition) is 7. The molecule has 0 aliphatic rings. The van der Waals surface area contributed by atoms with Crippen molar-refractivity contribution in [2.24, 2.45) is 0 Å². The highest BCUT2D eigenvalue weighted by molar-refractivity contribution is 6.30. The normalized spacial score (nSPS) is 11.1. The summed E-state index contributed by atoms with van der Waals surface area (Å²) in [7, 11) is 0. The molecule has 0 fully saturated rings. The van der Waals surface area contributed by atoms with Crippen LogP contribution in [0, 0.1) is 0 Å². The van der Waals surface area contributed by atoms with Gasteiger partial charge in [-0.1, -0.05) is 23.7 Å². The molecule has 0 amide bonds. The number of carbonyl (C=O) groups excluding carboxylic acids is 1. The third-order valence-corrected chi connectivity index (χ3v) is 4.50. The zero-order valence-corrected chi connectivity index (χ0v) is 16.0. The Morgan fingerprint density at radius 3 is 2.69 bits per heavy atom. The minimum Gasteiger partial charge on any atom is -0.456 e. The molecule has 0 radical (unpaired) electrons. The van der Waals surface area contributed by atoms with Gasteiger partial charge in [-0.25, -0.2) is 4.79 Å². The lowest BCUT2D eigenvalue weighted by Crippen LogP contribution is -2.15. The van der Waals surface area contributed by atoms with E-state index in [0.29, 0.717) is 35.0 Å². The van der Waals surface area contributed by atoms with Gasteiger partial charge in [0.25, 0.3) is 5.89 Å². The maximum absolute atomic E-state index is 12.0. The van der Waals surface area contributed by atoms with Crippen molar-refractivity contribution in [3.8, 4) is 11.5 Å². The predicted molar refractivity (Wildman–Crippen MR) is 104 cm³/mol. The number of para-hydroxylation sites is 2. The van der Waals surface area contributed by atoms with Gasteiger partial charge >= 0.3 is 11.7 Å². The fourth-order valence-corrected chi connectivity index (χ4v) is 2.97. The van der Waals surface area contributed by atoms with E-state index in [1.54, 1.807) is 42.5 Å². The van der Waals surface area contributed by atoms with Crippen molar-refractivity contribution in [1.82, 2.24) is 14.8 Å². The Kier molecular flexibility index (Phi) is 5.44. The maximum atomic E-state index is 12.0. The lowest BCUT2D eigenvalue weighted by atomic mass is 10.2. The van der Waals surface area contributed by atoms with Crippen molar-refractivity contribution in [2.45, 2.75) is 26.0 Å². The number of aryl methyl sites for hydroxylation is 1. The van der Waals surface area contributed by atoms with Gasteiger partial charge in [0.15, 0.2) is 12.2 Å². The molecule has 0 unspecified atom stereocenters. The van der Waals surface area contributed by atoms with Gasteiger partial charge in [-0.15, -0.1) is 10.2 Å². The van der Waals surface area contributed by atoms with E-state index < -0.39 is 11.7 Å². The molecule has 0 aliphatic carbocycles. The molecule has 0 saturated carbocycles. The molecule has 4 rings (SSSR count). The highest BCUT2D eigenvalue weighted by Gasteiger charge is 2.12. The van der Waals surface area contributed by atoms with E-state index in [9.17, 15) is 9.59 Å². The molecule has 2 aromatic heterocycles. The topological polar surface area (TPSA) is 100 Å². The molecule has 2 heterocycles. The molecule has 148 valence electrons. The second-order valence-corrected chi connectivity index (χ2v) is 6.70. The van der Waals surface area contributed by atoms with Gasteiger partial charge in [0.2, 0.25) is 5.89 Å². The molecule has 29 heavy (non-hydrogen) atoms. The molecule has 0 aliphatic heterocycles. The number of benzene rings is 2. The molecule has 8 nitrogen and oxygen atoms in total. The maximum Gasteiger partial charge on any atom is 0.419 e. The van der Waals surface area contributed by atoms with E-state index in [-0.39, 0.29) is 18.9 Å². The van der Waals surface area contributed by atoms with E-state index >= 15 is 0 Å². The van der Waals surface area contributed by atoms with Crippen LogP contribution in [0.25, 0.3) is 22.6 Å². The smallest absolute Gasteiger partial charge is 0.419 e. The molecular formula is C20H16ClN3O5. The number of halogens is 1. The van der Waals surface area contributed by atoms with Gasteiger partial charge in [-0.2, -0.15) is 0 Å². The highest BCUT2D eigenvalue weighted by Crippen LogP contribution is 2.20. The Bertz CT molecular complexity index is 1190. The summed E-state index contributed by atoms with van der Waals surface area (Å²) in [6.45, 7) is 0.236. The molecule has 0 spiro atoms. The zero-order valence-electron chi connectivity index (χ0n) is 15.2. The SMILES string of the molecule is O=C(CCCn1c(=O)oc2ccccc21)OCc1nnc(-c2ccc(Cl)cc2)o1. The van der Waals surface area contributed by atoms with Crippen molar-refractivity contribution >= 4 is 28.7 Å². The zero-order chi connectivity index (χ0) is 20.2. The summed E-state index contributed by atoms with van der Waals surface area (Å²) in [5.41, 5.74) is 1.94. The lowest BCUT2D eigenvalue weighted by Gasteiger charge is -2.03. The van der Waals surface area contributed by atoms with Crippen molar-refractivity contribution in [1.29, 1.82) is 0 Å². The van der Waals surface area contributed by atoms with Crippen LogP contribution in [0.1, 0.15) is 18.7 Å². The van der Waals surface area contributed by atoms with Gasteiger partial charge < -0.3 is 13.6 Å². The summed E-state index contributed by atoms with van der Waals surface area (Å²) in [5.74, 6) is -0.350. The van der Waals surface area contributed by atoms with E-state index in [1.165, 1.54) is 4.57 Å². The Hall–Kier alpha value is -3.39. The Balaban J connectivity index is 1.28. The molecule has 9 heteroatoms. The Labute approximate surface area is 169 Å². The number of carbonyl (C=O) groups is 1. The van der Waals surface area contributed by atoms with Crippen molar-refractivity contribution in [2.75, 3.05) is 0 Å². The average molecular weight is 414 g/mol. The predicted octanol–water partition coefficient (Wildman–Crippen LogP) is 3.82. The largest absolute Gasteiger partial charge is 0.456 e. The number of oxazole rings is 1. The molecule has 0 atom stereocenters. The van der Waals surface area contributed by atoms with Crippen LogP contribution in [0.2, 0.25) is 5.02 Å². The van der Waals surface area contributed by atoms with Crippen LogP contribution in [0.15, 0.2) is 62.2 Å². The number of nitrogens with zero attached hydrogens (tertiary/aromatic N) is 3. The van der Waals surface area contributed by atoms with Crippen LogP contribution in [-0.2, 0) is 22.7 Å². The van der Waals surface area contributed by atoms with Crippen LogP contribution in [0.4, 0.5) is 0 Å². The fourth-order valence-electron chi connectivity index (χ4n) is 2.84. The number of fused-ring (bicyclic) bond motifs is 1. The van der Waals surface area contributed by atoms with Crippen LogP contribution in [0.5, 0.6) is 0 Å². The minimum atomic E-state index is -0.444. The monoisotopic (exact) mass is 413 g/mol. The van der Waals surface area contributed by atoms with Crippen LogP contribution < -0.4 is 5.76 Å². The summed E-state index contributed by atoms with van der Waals surface area (Å²) in [6, 6.07) is 14.1. The van der Waals surface area contributed by atoms with Crippen LogP contribution in [0.3, 0.4) is 0 Å². The standard InChI is InChI=1S/C20H16ClN3O5/c21-14-9-7-13(8-10-14)19-23-22-17(29-19)12-27-18(25)6-3-11-24-15-4-1-2-5-16(15)28-20(24)26/h1-2,4-5,7-10H,3,6,11-12H2. The Morgan fingerprint density at radius 2 is 1.86 bits per heavy atom. The first kappa shape index (κ1) is 18.9. The van der Waals surface area contributed by atoms with Gasteiger partial charge in [0.1, 0.15) is 0 Å².